The minimum absolute atomic E-state index is 0. The van der Waals surface area contributed by atoms with Crippen LogP contribution in [0.2, 0.25) is 0 Å². The molecule has 5 nitrogen and oxygen atoms in total. The quantitative estimate of drug-likeness (QED) is 0.260. The van der Waals surface area contributed by atoms with Crippen molar-refractivity contribution in [3.05, 3.63) is 0 Å². The zero-order chi connectivity index (χ0) is 4.50. The van der Waals surface area contributed by atoms with Gasteiger partial charge in [0.25, 0.3) is 0 Å². The van der Waals surface area contributed by atoms with E-state index in [1.54, 1.807) is 0 Å². The Balaban J connectivity index is -0.0000000800. The van der Waals surface area contributed by atoms with Crippen molar-refractivity contribution < 1.29 is 38.4 Å². The second kappa shape index (κ2) is 5.25. The van der Waals surface area contributed by atoms with Crippen LogP contribution in [-0.4, -0.2) is 39.1 Å². The third kappa shape index (κ3) is 150. The summed E-state index contributed by atoms with van der Waals surface area (Å²) < 4.78 is 29.5. The van der Waals surface area contributed by atoms with Crippen LogP contribution < -0.4 is 0 Å². The van der Waals surface area contributed by atoms with Crippen LogP contribution in [0.15, 0.2) is 0 Å². The predicted octanol–water partition coefficient (Wildman–Crippen LogP) is -3.70. The molecule has 0 heterocycles. The van der Waals surface area contributed by atoms with E-state index < -0.39 is 18.1 Å². The minimum atomic E-state index is -5.00. The van der Waals surface area contributed by atoms with E-state index in [0.29, 0.717) is 0 Å². The van der Waals surface area contributed by atoms with Gasteiger partial charge in [-0.1, -0.05) is 0 Å². The van der Waals surface area contributed by atoms with Crippen LogP contribution >= 0.6 is 0 Å². The fourth-order valence-corrected chi connectivity index (χ4v) is 0. The summed E-state index contributed by atoms with van der Waals surface area (Å²) in [7, 11) is 0. The summed E-state index contributed by atoms with van der Waals surface area (Å²) in [5.41, 5.74) is 0. The monoisotopic (exact) mass is 142 g/mol. The third-order valence-corrected chi connectivity index (χ3v) is 0. The van der Waals surface area contributed by atoms with Crippen LogP contribution in [0.5, 0.6) is 0 Å². The number of rotatable bonds is 0. The standard InChI is InChI=1S/Li.5H2O.Ti.H/h;5*1H2;;/q;;;;;;+4;/p-4. The van der Waals surface area contributed by atoms with Crippen LogP contribution in [0.3, 0.4) is 0 Å². The Bertz CT molecular complexity index is 23.6. The van der Waals surface area contributed by atoms with Gasteiger partial charge in [0.2, 0.25) is 0 Å². The van der Waals surface area contributed by atoms with E-state index in [1.165, 1.54) is 0 Å². The van der Waals surface area contributed by atoms with Gasteiger partial charge in [-0.05, 0) is 0 Å². The molecule has 42 valence electrons. The topological polar surface area (TPSA) is 112 Å². The molecule has 0 aliphatic carbocycles. The van der Waals surface area contributed by atoms with Gasteiger partial charge in [0.15, 0.2) is 0 Å². The molecule has 0 aromatic rings. The zero-order valence-electron chi connectivity index (χ0n) is 2.79. The van der Waals surface area contributed by atoms with Gasteiger partial charge in [0.1, 0.15) is 0 Å². The second-order valence-corrected chi connectivity index (χ2v) is 2.47. The average Bonchev–Trinajstić information content (AvgIpc) is 0.722. The van der Waals surface area contributed by atoms with Crippen LogP contribution in [0.1, 0.15) is 0 Å². The van der Waals surface area contributed by atoms with E-state index in [4.69, 9.17) is 14.8 Å². The van der Waals surface area contributed by atoms with E-state index in [-0.39, 0.29) is 24.3 Å². The van der Waals surface area contributed by atoms with Gasteiger partial charge < -0.3 is 5.48 Å². The van der Waals surface area contributed by atoms with E-state index in [9.17, 15) is 0 Å². The third-order valence-electron chi connectivity index (χ3n) is 0. The van der Waals surface area contributed by atoms with Gasteiger partial charge in [-0.25, -0.2) is 0 Å². The summed E-state index contributed by atoms with van der Waals surface area (Å²) >= 11 is -5.00. The van der Waals surface area contributed by atoms with Gasteiger partial charge in [-0.15, -0.1) is 0 Å². The maximum atomic E-state index is 7.38. The Morgan fingerprint density at radius 3 is 0.857 bits per heavy atom. The Morgan fingerprint density at radius 2 is 0.857 bits per heavy atom. The van der Waals surface area contributed by atoms with Crippen molar-refractivity contribution in [2.24, 2.45) is 0 Å². The molecule has 0 amide bonds. The first kappa shape index (κ1) is 15.7. The Labute approximate surface area is 57.3 Å². The van der Waals surface area contributed by atoms with Crippen LogP contribution in [0.4, 0.5) is 0 Å². The molecule has 0 atom stereocenters. The molecule has 7 heavy (non-hydrogen) atoms. The van der Waals surface area contributed by atoms with Gasteiger partial charge in [0, 0.05) is 0 Å². The Morgan fingerprint density at radius 1 is 0.857 bits per heavy atom. The number of hydrogen-bond donors (Lipinski definition) is 4. The maximum absolute atomic E-state index is 7.38. The molecular formula is H7LiO5Ti. The zero-order valence-corrected chi connectivity index (χ0v) is 4.35. The molecule has 0 aliphatic heterocycles. The van der Waals surface area contributed by atoms with Crippen molar-refractivity contribution in [3.8, 4) is 0 Å². The summed E-state index contributed by atoms with van der Waals surface area (Å²) in [6.07, 6.45) is 0. The average molecular weight is 142 g/mol. The van der Waals surface area contributed by atoms with Gasteiger partial charge in [0.05, 0.1) is 0 Å². The van der Waals surface area contributed by atoms with E-state index >= 15 is 0 Å². The molecule has 0 spiro atoms. The molecule has 0 unspecified atom stereocenters. The summed E-state index contributed by atoms with van der Waals surface area (Å²) in [6.45, 7) is 0. The van der Waals surface area contributed by atoms with Crippen LogP contribution in [0, 0.1) is 0 Å². The van der Waals surface area contributed by atoms with Gasteiger partial charge in [-0.2, -0.15) is 0 Å². The van der Waals surface area contributed by atoms with Crippen molar-refractivity contribution in [3.63, 3.8) is 0 Å². The van der Waals surface area contributed by atoms with Crippen molar-refractivity contribution in [2.75, 3.05) is 0 Å². The van der Waals surface area contributed by atoms with Crippen molar-refractivity contribution in [2.45, 2.75) is 0 Å². The summed E-state index contributed by atoms with van der Waals surface area (Å²) in [5.74, 6) is 0. The fourth-order valence-electron chi connectivity index (χ4n) is 0. The molecule has 7 heteroatoms. The summed E-state index contributed by atoms with van der Waals surface area (Å²) in [4.78, 5) is 0. The summed E-state index contributed by atoms with van der Waals surface area (Å²) in [6, 6.07) is 0. The van der Waals surface area contributed by atoms with Crippen molar-refractivity contribution in [1.29, 1.82) is 0 Å². The first-order valence-electron chi connectivity index (χ1n) is 0.894. The number of hydrogen-bond acceptors (Lipinski definition) is 4. The Hall–Kier alpha value is 1.11. The summed E-state index contributed by atoms with van der Waals surface area (Å²) in [5, 5.41) is 0. The van der Waals surface area contributed by atoms with Gasteiger partial charge >= 0.3 is 51.8 Å². The van der Waals surface area contributed by atoms with E-state index in [1.807, 2.05) is 0 Å². The SMILES string of the molecule is O.[LiH].[OH][Ti]([OH])([OH])[OH]. The van der Waals surface area contributed by atoms with Crippen LogP contribution in [-0.2, 0) is 18.1 Å². The predicted molar refractivity (Wildman–Crippen MR) is 19.6 cm³/mol. The van der Waals surface area contributed by atoms with Crippen LogP contribution in [0.25, 0.3) is 0 Å². The van der Waals surface area contributed by atoms with Gasteiger partial charge in [-0.3, -0.25) is 0 Å². The van der Waals surface area contributed by atoms with E-state index in [2.05, 4.69) is 0 Å². The molecule has 0 fully saturated rings. The molecule has 0 saturated carbocycles. The molecular weight excluding hydrogens is 135 g/mol. The first-order valence-corrected chi connectivity index (χ1v) is 3.69. The van der Waals surface area contributed by atoms with Crippen molar-refractivity contribution >= 4 is 18.9 Å². The molecule has 0 aromatic heterocycles. The van der Waals surface area contributed by atoms with Crippen molar-refractivity contribution in [1.82, 2.24) is 0 Å². The molecule has 6 N–H and O–H groups in total. The second-order valence-electron chi connectivity index (χ2n) is 0.600. The normalized spacial score (nSPS) is 8.57. The Kier molecular flexibility index (Phi) is 11.8. The molecule has 0 saturated heterocycles. The molecule has 0 aromatic carbocycles. The van der Waals surface area contributed by atoms with E-state index in [0.717, 1.165) is 0 Å². The molecule has 0 radical (unpaired) electrons. The fraction of sp³-hybridized carbons (Fsp3) is 0. The molecule has 0 bridgehead atoms. The molecule has 0 rings (SSSR count). The molecule has 0 aliphatic rings. The first-order chi connectivity index (χ1) is 2.00.